The number of nitrogens with one attached hydrogen (secondary N) is 1. The van der Waals surface area contributed by atoms with Gasteiger partial charge in [0.2, 0.25) is 0 Å². The van der Waals surface area contributed by atoms with Crippen molar-refractivity contribution in [3.8, 4) is 0 Å². The molecule has 2 unspecified atom stereocenters. The van der Waals surface area contributed by atoms with Crippen molar-refractivity contribution < 1.29 is 9.47 Å². The minimum absolute atomic E-state index is 0.267. The van der Waals surface area contributed by atoms with Crippen LogP contribution in [0, 0.1) is 0 Å². The van der Waals surface area contributed by atoms with E-state index in [9.17, 15) is 0 Å². The maximum absolute atomic E-state index is 5.73. The molecule has 0 aliphatic carbocycles. The third-order valence-corrected chi connectivity index (χ3v) is 3.64. The summed E-state index contributed by atoms with van der Waals surface area (Å²) in [5.41, 5.74) is 0. The van der Waals surface area contributed by atoms with Gasteiger partial charge in [-0.2, -0.15) is 0 Å². The van der Waals surface area contributed by atoms with Gasteiger partial charge in [0.15, 0.2) is 0 Å². The Labute approximate surface area is 118 Å². The van der Waals surface area contributed by atoms with Crippen LogP contribution < -0.4 is 5.32 Å². The third-order valence-electron chi connectivity index (χ3n) is 3.64. The first-order valence-corrected chi connectivity index (χ1v) is 7.91. The highest BCUT2D eigenvalue weighted by molar-refractivity contribution is 4.70. The zero-order valence-electron chi connectivity index (χ0n) is 13.0. The standard InChI is InChI=1S/C15H32N2O2/c1-4-8-17-9-11-19-15(12-17)13-18-10-6-7-16-14(3)5-2/h14-16H,4-13H2,1-3H3. The van der Waals surface area contributed by atoms with E-state index in [-0.39, 0.29) is 6.10 Å². The first-order chi connectivity index (χ1) is 9.26. The summed E-state index contributed by atoms with van der Waals surface area (Å²) in [6.45, 7) is 13.4. The van der Waals surface area contributed by atoms with Crippen LogP contribution in [0.25, 0.3) is 0 Å². The topological polar surface area (TPSA) is 33.7 Å². The van der Waals surface area contributed by atoms with E-state index in [1.807, 2.05) is 0 Å². The van der Waals surface area contributed by atoms with Crippen molar-refractivity contribution in [3.05, 3.63) is 0 Å². The van der Waals surface area contributed by atoms with Crippen molar-refractivity contribution in [3.63, 3.8) is 0 Å². The van der Waals surface area contributed by atoms with Crippen LogP contribution in [0.3, 0.4) is 0 Å². The summed E-state index contributed by atoms with van der Waals surface area (Å²) in [6.07, 6.45) is 3.75. The number of ether oxygens (including phenoxy) is 2. The van der Waals surface area contributed by atoms with Gasteiger partial charge >= 0.3 is 0 Å². The molecule has 114 valence electrons. The molecule has 4 heteroatoms. The molecule has 4 nitrogen and oxygen atoms in total. The highest BCUT2D eigenvalue weighted by Gasteiger charge is 2.19. The van der Waals surface area contributed by atoms with Gasteiger partial charge in [0.1, 0.15) is 0 Å². The van der Waals surface area contributed by atoms with Crippen molar-refractivity contribution in [2.24, 2.45) is 0 Å². The second-order valence-electron chi connectivity index (χ2n) is 5.49. The van der Waals surface area contributed by atoms with E-state index in [0.29, 0.717) is 6.04 Å². The molecule has 2 atom stereocenters. The average Bonchev–Trinajstić information content (AvgIpc) is 2.43. The predicted octanol–water partition coefficient (Wildman–Crippen LogP) is 1.89. The quantitative estimate of drug-likeness (QED) is 0.616. The summed E-state index contributed by atoms with van der Waals surface area (Å²) in [5.74, 6) is 0. The van der Waals surface area contributed by atoms with Crippen LogP contribution in [0.4, 0.5) is 0 Å². The summed E-state index contributed by atoms with van der Waals surface area (Å²) in [4.78, 5) is 2.47. The fourth-order valence-corrected chi connectivity index (χ4v) is 2.28. The fraction of sp³-hybridized carbons (Fsp3) is 1.00. The van der Waals surface area contributed by atoms with E-state index >= 15 is 0 Å². The highest BCUT2D eigenvalue weighted by Crippen LogP contribution is 2.06. The van der Waals surface area contributed by atoms with Gasteiger partial charge in [-0.15, -0.1) is 0 Å². The SMILES string of the molecule is CCCN1CCOC(COCCCNC(C)CC)C1. The van der Waals surface area contributed by atoms with Gasteiger partial charge in [-0.25, -0.2) is 0 Å². The van der Waals surface area contributed by atoms with Crippen molar-refractivity contribution in [1.29, 1.82) is 0 Å². The molecule has 0 aromatic carbocycles. The summed E-state index contributed by atoms with van der Waals surface area (Å²) >= 11 is 0. The highest BCUT2D eigenvalue weighted by atomic mass is 16.5. The Morgan fingerprint density at radius 2 is 2.26 bits per heavy atom. The molecular formula is C15H32N2O2. The number of nitrogens with zero attached hydrogens (tertiary/aromatic N) is 1. The average molecular weight is 272 g/mol. The van der Waals surface area contributed by atoms with E-state index < -0.39 is 0 Å². The Kier molecular flexibility index (Phi) is 9.43. The van der Waals surface area contributed by atoms with Crippen LogP contribution in [-0.2, 0) is 9.47 Å². The Bertz CT molecular complexity index is 212. The maximum atomic E-state index is 5.73. The van der Waals surface area contributed by atoms with E-state index in [4.69, 9.17) is 9.47 Å². The molecule has 19 heavy (non-hydrogen) atoms. The molecule has 0 radical (unpaired) electrons. The second kappa shape index (κ2) is 10.6. The number of hydrogen-bond donors (Lipinski definition) is 1. The van der Waals surface area contributed by atoms with Crippen LogP contribution in [-0.4, -0.2) is 63.0 Å². The lowest BCUT2D eigenvalue weighted by Crippen LogP contribution is -2.44. The van der Waals surface area contributed by atoms with Crippen molar-refractivity contribution >= 4 is 0 Å². The molecule has 0 saturated carbocycles. The van der Waals surface area contributed by atoms with Gasteiger partial charge in [-0.1, -0.05) is 13.8 Å². The van der Waals surface area contributed by atoms with Crippen LogP contribution in [0.5, 0.6) is 0 Å². The smallest absolute Gasteiger partial charge is 0.0935 e. The second-order valence-corrected chi connectivity index (χ2v) is 5.49. The van der Waals surface area contributed by atoms with Crippen LogP contribution >= 0.6 is 0 Å². The van der Waals surface area contributed by atoms with E-state index in [1.165, 1.54) is 19.4 Å². The van der Waals surface area contributed by atoms with Gasteiger partial charge in [0.05, 0.1) is 19.3 Å². The lowest BCUT2D eigenvalue weighted by molar-refractivity contribution is -0.0691. The maximum Gasteiger partial charge on any atom is 0.0935 e. The monoisotopic (exact) mass is 272 g/mol. The molecule has 1 aliphatic heterocycles. The molecule has 0 aromatic heterocycles. The van der Waals surface area contributed by atoms with Crippen LogP contribution in [0.2, 0.25) is 0 Å². The molecule has 0 aromatic rings. The molecule has 0 bridgehead atoms. The van der Waals surface area contributed by atoms with E-state index in [0.717, 1.165) is 45.9 Å². The van der Waals surface area contributed by atoms with Crippen molar-refractivity contribution in [2.45, 2.75) is 52.2 Å². The molecule has 1 heterocycles. The fourth-order valence-electron chi connectivity index (χ4n) is 2.28. The third kappa shape index (κ3) is 7.88. The largest absolute Gasteiger partial charge is 0.379 e. The summed E-state index contributed by atoms with van der Waals surface area (Å²) in [5, 5.41) is 3.48. The van der Waals surface area contributed by atoms with Gasteiger partial charge in [-0.3, -0.25) is 4.90 Å². The Hall–Kier alpha value is -0.160. The zero-order valence-corrected chi connectivity index (χ0v) is 13.0. The number of rotatable bonds is 10. The summed E-state index contributed by atoms with van der Waals surface area (Å²) in [6, 6.07) is 0.615. The minimum atomic E-state index is 0.267. The molecule has 0 spiro atoms. The van der Waals surface area contributed by atoms with Crippen molar-refractivity contribution in [2.75, 3.05) is 46.0 Å². The van der Waals surface area contributed by atoms with Crippen LogP contribution in [0.15, 0.2) is 0 Å². The summed E-state index contributed by atoms with van der Waals surface area (Å²) in [7, 11) is 0. The minimum Gasteiger partial charge on any atom is -0.379 e. The van der Waals surface area contributed by atoms with E-state index in [1.54, 1.807) is 0 Å². The van der Waals surface area contributed by atoms with E-state index in [2.05, 4.69) is 31.0 Å². The molecule has 1 saturated heterocycles. The molecule has 1 aliphatic rings. The number of morpholine rings is 1. The van der Waals surface area contributed by atoms with Crippen molar-refractivity contribution in [1.82, 2.24) is 10.2 Å². The first-order valence-electron chi connectivity index (χ1n) is 7.91. The molecule has 1 N–H and O–H groups in total. The van der Waals surface area contributed by atoms with Gasteiger partial charge in [0, 0.05) is 25.7 Å². The zero-order chi connectivity index (χ0) is 13.9. The summed E-state index contributed by atoms with van der Waals surface area (Å²) < 4.78 is 11.5. The lowest BCUT2D eigenvalue weighted by atomic mass is 10.2. The molecule has 0 amide bonds. The molecule has 1 fully saturated rings. The Balaban J connectivity index is 1.97. The van der Waals surface area contributed by atoms with Gasteiger partial charge < -0.3 is 14.8 Å². The normalized spacial score (nSPS) is 22.6. The molecular weight excluding hydrogens is 240 g/mol. The van der Waals surface area contributed by atoms with Gasteiger partial charge in [-0.05, 0) is 39.3 Å². The lowest BCUT2D eigenvalue weighted by Gasteiger charge is -2.32. The first kappa shape index (κ1) is 16.9. The Morgan fingerprint density at radius 1 is 1.42 bits per heavy atom. The van der Waals surface area contributed by atoms with Gasteiger partial charge in [0.25, 0.3) is 0 Å². The molecule has 1 rings (SSSR count). The Morgan fingerprint density at radius 3 is 3.00 bits per heavy atom. The predicted molar refractivity (Wildman–Crippen MR) is 79.7 cm³/mol. The number of hydrogen-bond acceptors (Lipinski definition) is 4. The van der Waals surface area contributed by atoms with Crippen LogP contribution in [0.1, 0.15) is 40.0 Å².